The predicted molar refractivity (Wildman–Crippen MR) is 101 cm³/mol. The highest BCUT2D eigenvalue weighted by atomic mass is 32.2. The molecule has 7 heteroatoms. The van der Waals surface area contributed by atoms with Crippen molar-refractivity contribution < 1.29 is 18.3 Å². The molecule has 0 atom stereocenters. The lowest BCUT2D eigenvalue weighted by Gasteiger charge is -2.11. The molecule has 1 N–H and O–H groups in total. The second kappa shape index (κ2) is 8.82. The summed E-state index contributed by atoms with van der Waals surface area (Å²) in [5.74, 6) is 0.524. The van der Waals surface area contributed by atoms with E-state index >= 15 is 0 Å². The summed E-state index contributed by atoms with van der Waals surface area (Å²) in [6, 6.07) is 15.2. The van der Waals surface area contributed by atoms with Crippen LogP contribution in [0, 0.1) is 0 Å². The summed E-state index contributed by atoms with van der Waals surface area (Å²) in [6.45, 7) is -2.89. The normalized spacial score (nSPS) is 10.7. The van der Waals surface area contributed by atoms with Gasteiger partial charge in [0.1, 0.15) is 5.75 Å². The lowest BCUT2D eigenvalue weighted by atomic mass is 10.2. The van der Waals surface area contributed by atoms with Crippen molar-refractivity contribution in [3.63, 3.8) is 0 Å². The molecule has 0 radical (unpaired) electrons. The van der Waals surface area contributed by atoms with Gasteiger partial charge >= 0.3 is 6.61 Å². The van der Waals surface area contributed by atoms with E-state index < -0.39 is 6.61 Å². The molecule has 0 saturated heterocycles. The minimum atomic E-state index is -2.89. The molecule has 1 aromatic heterocycles. The summed E-state index contributed by atoms with van der Waals surface area (Å²) in [5.41, 5.74) is 2.31. The largest absolute Gasteiger partial charge is 0.435 e. The third-order valence-electron chi connectivity index (χ3n) is 3.45. The van der Waals surface area contributed by atoms with Gasteiger partial charge in [0.15, 0.2) is 0 Å². The number of hydrogen-bond acceptors (Lipinski definition) is 4. The number of nitrogens with one attached hydrogen (secondary N) is 1. The zero-order chi connectivity index (χ0) is 18.4. The fraction of sp³-hybridized carbons (Fsp3) is 0.105. The molecule has 0 bridgehead atoms. The molecule has 134 valence electrons. The Morgan fingerprint density at radius 2 is 1.88 bits per heavy atom. The highest BCUT2D eigenvalue weighted by Gasteiger charge is 2.11. The second-order valence-corrected chi connectivity index (χ2v) is 7.07. The number of para-hydroxylation sites is 1. The molecule has 1 amide bonds. The van der Waals surface area contributed by atoms with Gasteiger partial charge in [0.05, 0.1) is 5.69 Å². The van der Waals surface area contributed by atoms with Crippen LogP contribution in [0.2, 0.25) is 0 Å². The number of rotatable bonds is 7. The Balaban J connectivity index is 1.67. The number of thiophene rings is 1. The number of ether oxygens (including phenoxy) is 1. The van der Waals surface area contributed by atoms with Gasteiger partial charge in [-0.1, -0.05) is 12.1 Å². The summed E-state index contributed by atoms with van der Waals surface area (Å²) in [6.07, 6.45) is 0. The van der Waals surface area contributed by atoms with Crippen LogP contribution in [0.25, 0.3) is 0 Å². The Morgan fingerprint density at radius 1 is 1.12 bits per heavy atom. The van der Waals surface area contributed by atoms with E-state index in [9.17, 15) is 13.6 Å². The topological polar surface area (TPSA) is 38.3 Å². The average molecular weight is 391 g/mol. The molecule has 26 heavy (non-hydrogen) atoms. The quantitative estimate of drug-likeness (QED) is 0.510. The van der Waals surface area contributed by atoms with Crippen molar-refractivity contribution in [2.75, 3.05) is 5.32 Å². The zero-order valence-corrected chi connectivity index (χ0v) is 15.2. The maximum Gasteiger partial charge on any atom is 0.387 e. The highest BCUT2D eigenvalue weighted by Crippen LogP contribution is 2.30. The first-order chi connectivity index (χ1) is 12.6. The summed E-state index contributed by atoms with van der Waals surface area (Å²) >= 11 is 3.29. The van der Waals surface area contributed by atoms with E-state index in [0.29, 0.717) is 11.3 Å². The van der Waals surface area contributed by atoms with Gasteiger partial charge in [0, 0.05) is 16.2 Å². The maximum atomic E-state index is 12.4. The molecule has 0 aliphatic heterocycles. The van der Waals surface area contributed by atoms with Gasteiger partial charge in [-0.3, -0.25) is 4.79 Å². The summed E-state index contributed by atoms with van der Waals surface area (Å²) in [4.78, 5) is 13.4. The van der Waals surface area contributed by atoms with Crippen LogP contribution in [-0.4, -0.2) is 12.5 Å². The molecule has 3 rings (SSSR count). The number of anilines is 1. The lowest BCUT2D eigenvalue weighted by Crippen LogP contribution is -2.12. The number of benzene rings is 2. The van der Waals surface area contributed by atoms with Crippen LogP contribution in [0.4, 0.5) is 14.5 Å². The fourth-order valence-corrected chi connectivity index (χ4v) is 3.94. The number of carbonyl (C=O) groups is 1. The number of alkyl halides is 2. The highest BCUT2D eigenvalue weighted by molar-refractivity contribution is 7.98. The van der Waals surface area contributed by atoms with E-state index in [1.807, 2.05) is 29.6 Å². The molecule has 0 saturated carbocycles. The molecule has 0 aliphatic carbocycles. The number of thioether (sulfide) groups is 1. The first-order valence-electron chi connectivity index (χ1n) is 7.71. The minimum absolute atomic E-state index is 0.0169. The lowest BCUT2D eigenvalue weighted by molar-refractivity contribution is -0.0498. The van der Waals surface area contributed by atoms with E-state index in [1.54, 1.807) is 23.1 Å². The van der Waals surface area contributed by atoms with Gasteiger partial charge in [-0.05, 0) is 58.8 Å². The van der Waals surface area contributed by atoms with Crippen LogP contribution in [-0.2, 0) is 5.75 Å². The van der Waals surface area contributed by atoms with Gasteiger partial charge in [0.25, 0.3) is 5.91 Å². The fourth-order valence-electron chi connectivity index (χ4n) is 2.21. The van der Waals surface area contributed by atoms with Crippen molar-refractivity contribution in [1.82, 2.24) is 0 Å². The van der Waals surface area contributed by atoms with Crippen molar-refractivity contribution in [2.45, 2.75) is 17.3 Å². The molecule has 2 aromatic carbocycles. The smallest absolute Gasteiger partial charge is 0.387 e. The van der Waals surface area contributed by atoms with Crippen molar-refractivity contribution in [3.8, 4) is 5.75 Å². The molecule has 0 fully saturated rings. The number of hydrogen-bond donors (Lipinski definition) is 1. The van der Waals surface area contributed by atoms with Gasteiger partial charge in [-0.2, -0.15) is 20.1 Å². The summed E-state index contributed by atoms with van der Waals surface area (Å²) in [5, 5.41) is 7.00. The van der Waals surface area contributed by atoms with Gasteiger partial charge < -0.3 is 10.1 Å². The SMILES string of the molecule is O=C(Nc1ccccc1SCc1ccsc1)c1ccc(OC(F)F)cc1. The van der Waals surface area contributed by atoms with Gasteiger partial charge in [-0.15, -0.1) is 11.8 Å². The van der Waals surface area contributed by atoms with E-state index in [1.165, 1.54) is 29.8 Å². The van der Waals surface area contributed by atoms with Gasteiger partial charge in [-0.25, -0.2) is 0 Å². The van der Waals surface area contributed by atoms with E-state index in [-0.39, 0.29) is 11.7 Å². The van der Waals surface area contributed by atoms with Crippen molar-refractivity contribution in [1.29, 1.82) is 0 Å². The number of carbonyl (C=O) groups excluding carboxylic acids is 1. The van der Waals surface area contributed by atoms with Gasteiger partial charge in [0.2, 0.25) is 0 Å². The van der Waals surface area contributed by atoms with Crippen LogP contribution in [0.15, 0.2) is 70.3 Å². The molecular weight excluding hydrogens is 376 g/mol. The van der Waals surface area contributed by atoms with Crippen LogP contribution in [0.3, 0.4) is 0 Å². The summed E-state index contributed by atoms with van der Waals surface area (Å²) in [7, 11) is 0. The second-order valence-electron chi connectivity index (χ2n) is 5.27. The molecular formula is C19H15F2NO2S2. The Hall–Kier alpha value is -2.38. The Bertz CT molecular complexity index is 852. The van der Waals surface area contributed by atoms with Crippen LogP contribution >= 0.6 is 23.1 Å². The maximum absolute atomic E-state index is 12.4. The molecule has 3 aromatic rings. The van der Waals surface area contributed by atoms with Crippen molar-refractivity contribution in [2.24, 2.45) is 0 Å². The molecule has 1 heterocycles. The van der Waals surface area contributed by atoms with E-state index in [0.717, 1.165) is 10.6 Å². The first-order valence-corrected chi connectivity index (χ1v) is 9.64. The number of amides is 1. The zero-order valence-electron chi connectivity index (χ0n) is 13.5. The minimum Gasteiger partial charge on any atom is -0.435 e. The summed E-state index contributed by atoms with van der Waals surface area (Å²) < 4.78 is 28.7. The number of halogens is 2. The average Bonchev–Trinajstić information content (AvgIpc) is 3.14. The molecule has 0 spiro atoms. The molecule has 0 aliphatic rings. The van der Waals surface area contributed by atoms with Crippen LogP contribution in [0.5, 0.6) is 5.75 Å². The molecule has 3 nitrogen and oxygen atoms in total. The standard InChI is InChI=1S/C19H15F2NO2S2/c20-19(21)24-15-7-5-14(6-8-15)18(23)22-16-3-1-2-4-17(16)26-12-13-9-10-25-11-13/h1-11,19H,12H2,(H,22,23). The monoisotopic (exact) mass is 391 g/mol. The third kappa shape index (κ3) is 5.06. The molecule has 0 unspecified atom stereocenters. The van der Waals surface area contributed by atoms with E-state index in [2.05, 4.69) is 21.5 Å². The first kappa shape index (κ1) is 18.4. The predicted octanol–water partition coefficient (Wildman–Crippen LogP) is 5.89. The van der Waals surface area contributed by atoms with Crippen molar-refractivity contribution in [3.05, 3.63) is 76.5 Å². The van der Waals surface area contributed by atoms with Crippen molar-refractivity contribution >= 4 is 34.7 Å². The Labute approximate surface area is 158 Å². The Kier molecular flexibility index (Phi) is 6.25. The Morgan fingerprint density at radius 3 is 2.58 bits per heavy atom. The van der Waals surface area contributed by atoms with E-state index in [4.69, 9.17) is 0 Å². The van der Waals surface area contributed by atoms with Crippen LogP contribution < -0.4 is 10.1 Å². The third-order valence-corrected chi connectivity index (χ3v) is 5.33. The van der Waals surface area contributed by atoms with Crippen LogP contribution in [0.1, 0.15) is 15.9 Å².